The van der Waals surface area contributed by atoms with E-state index in [1.165, 1.54) is 10.9 Å². The van der Waals surface area contributed by atoms with Gasteiger partial charge in [-0.1, -0.05) is 17.5 Å². The van der Waals surface area contributed by atoms with Crippen LogP contribution < -0.4 is 16.2 Å². The smallest absolute Gasteiger partial charge is 0.335 e. The van der Waals surface area contributed by atoms with E-state index in [1.54, 1.807) is 64.9 Å². The van der Waals surface area contributed by atoms with Gasteiger partial charge in [-0.05, 0) is 67.8 Å². The van der Waals surface area contributed by atoms with Crippen molar-refractivity contribution >= 4 is 34.5 Å². The standard InChI is InChI=1S/C25H21ClN6O3/c1-2-3-21(33)30-13-12-18(14-30)32-24-22(23(27)28-15-29-24)31(25(32)34)17-6-10-20(11-7-17)35-19-8-4-16(26)5-9-19/h4-11,15,18H,12-14H2,1H3,(H2,27,28,29)/t18-/m1/s1. The fourth-order valence-corrected chi connectivity index (χ4v) is 4.39. The lowest BCUT2D eigenvalue weighted by atomic mass is 10.2. The van der Waals surface area contributed by atoms with Crippen molar-refractivity contribution in [2.45, 2.75) is 19.4 Å². The summed E-state index contributed by atoms with van der Waals surface area (Å²) in [4.78, 5) is 36.0. The van der Waals surface area contributed by atoms with Gasteiger partial charge in [0.15, 0.2) is 11.5 Å². The second-order valence-electron chi connectivity index (χ2n) is 8.04. The highest BCUT2D eigenvalue weighted by molar-refractivity contribution is 6.30. The molecule has 0 bridgehead atoms. The Morgan fingerprint density at radius 3 is 2.49 bits per heavy atom. The summed E-state index contributed by atoms with van der Waals surface area (Å²) in [5, 5.41) is 0.622. The molecule has 0 spiro atoms. The number of hydrogen-bond acceptors (Lipinski definition) is 6. The summed E-state index contributed by atoms with van der Waals surface area (Å²) in [6.45, 7) is 2.49. The van der Waals surface area contributed by atoms with Gasteiger partial charge in [0.2, 0.25) is 0 Å². The van der Waals surface area contributed by atoms with Crippen LogP contribution in [0.4, 0.5) is 5.82 Å². The van der Waals surface area contributed by atoms with Crippen LogP contribution >= 0.6 is 11.6 Å². The van der Waals surface area contributed by atoms with Gasteiger partial charge in [0.05, 0.1) is 11.7 Å². The number of nitrogens with two attached hydrogens (primary N) is 1. The summed E-state index contributed by atoms with van der Waals surface area (Å²) in [5.74, 6) is 6.36. The van der Waals surface area contributed by atoms with Crippen molar-refractivity contribution in [3.8, 4) is 29.0 Å². The van der Waals surface area contributed by atoms with E-state index in [-0.39, 0.29) is 23.5 Å². The minimum absolute atomic E-state index is 0.190. The second-order valence-corrected chi connectivity index (χ2v) is 8.47. The van der Waals surface area contributed by atoms with E-state index in [1.807, 2.05) is 0 Å². The van der Waals surface area contributed by atoms with Crippen molar-refractivity contribution in [3.05, 3.63) is 70.4 Å². The molecule has 10 heteroatoms. The molecule has 1 aliphatic rings. The average Bonchev–Trinajstić information content (AvgIpc) is 3.44. The number of benzene rings is 2. The van der Waals surface area contributed by atoms with E-state index in [4.69, 9.17) is 22.1 Å². The van der Waals surface area contributed by atoms with Crippen LogP contribution in [0.25, 0.3) is 16.9 Å². The molecule has 3 heterocycles. The first-order valence-electron chi connectivity index (χ1n) is 10.9. The molecule has 1 atom stereocenters. The number of fused-ring (bicyclic) bond motifs is 1. The zero-order chi connectivity index (χ0) is 24.5. The Hall–Kier alpha value is -4.29. The Balaban J connectivity index is 1.52. The van der Waals surface area contributed by atoms with E-state index in [0.29, 0.717) is 52.9 Å². The summed E-state index contributed by atoms with van der Waals surface area (Å²) in [5.41, 5.74) is 7.32. The molecule has 0 radical (unpaired) electrons. The average molecular weight is 489 g/mol. The number of anilines is 1. The SMILES string of the molecule is CC#CC(=O)N1CC[C@@H](n2c(=O)n(-c3ccc(Oc4ccc(Cl)cc4)cc3)c3c(N)ncnc32)C1. The number of aromatic nitrogens is 4. The highest BCUT2D eigenvalue weighted by Gasteiger charge is 2.31. The van der Waals surface area contributed by atoms with Crippen molar-refractivity contribution < 1.29 is 9.53 Å². The van der Waals surface area contributed by atoms with Crippen molar-refractivity contribution in [3.63, 3.8) is 0 Å². The molecular formula is C25H21ClN6O3. The van der Waals surface area contributed by atoms with Crippen LogP contribution in [0.3, 0.4) is 0 Å². The third-order valence-corrected chi connectivity index (χ3v) is 6.12. The van der Waals surface area contributed by atoms with Crippen molar-refractivity contribution in [2.75, 3.05) is 18.8 Å². The van der Waals surface area contributed by atoms with E-state index in [2.05, 4.69) is 21.8 Å². The molecule has 5 rings (SSSR count). The molecule has 176 valence electrons. The minimum Gasteiger partial charge on any atom is -0.457 e. The number of rotatable bonds is 4. The second kappa shape index (κ2) is 9.16. The monoisotopic (exact) mass is 488 g/mol. The number of amides is 1. The highest BCUT2D eigenvalue weighted by atomic mass is 35.5. The van der Waals surface area contributed by atoms with Crippen LogP contribution in [0.1, 0.15) is 19.4 Å². The molecule has 1 aliphatic heterocycles. The molecule has 35 heavy (non-hydrogen) atoms. The fraction of sp³-hybridized carbons (Fsp3) is 0.200. The van der Waals surface area contributed by atoms with E-state index < -0.39 is 0 Å². The molecule has 0 unspecified atom stereocenters. The summed E-state index contributed by atoms with van der Waals surface area (Å²) in [6.07, 6.45) is 1.94. The van der Waals surface area contributed by atoms with E-state index in [0.717, 1.165) is 0 Å². The number of ether oxygens (including phenoxy) is 1. The molecule has 2 N–H and O–H groups in total. The van der Waals surface area contributed by atoms with Crippen LogP contribution in [-0.4, -0.2) is 43.0 Å². The van der Waals surface area contributed by atoms with Crippen LogP contribution in [0.15, 0.2) is 59.7 Å². The molecule has 2 aromatic carbocycles. The summed E-state index contributed by atoms with van der Waals surface area (Å²) >= 11 is 5.93. The van der Waals surface area contributed by atoms with Crippen LogP contribution in [-0.2, 0) is 4.79 Å². The predicted molar refractivity (Wildman–Crippen MR) is 133 cm³/mol. The van der Waals surface area contributed by atoms with E-state index >= 15 is 0 Å². The van der Waals surface area contributed by atoms with Gasteiger partial charge >= 0.3 is 5.69 Å². The Labute approximate surface area is 205 Å². The third kappa shape index (κ3) is 4.20. The number of nitrogens with zero attached hydrogens (tertiary/aromatic N) is 5. The highest BCUT2D eigenvalue weighted by Crippen LogP contribution is 2.29. The van der Waals surface area contributed by atoms with Gasteiger partial charge in [-0.3, -0.25) is 13.9 Å². The van der Waals surface area contributed by atoms with Crippen molar-refractivity contribution in [1.82, 2.24) is 24.0 Å². The summed E-state index contributed by atoms with van der Waals surface area (Å²) in [7, 11) is 0. The first-order valence-corrected chi connectivity index (χ1v) is 11.3. The van der Waals surface area contributed by atoms with Gasteiger partial charge in [0, 0.05) is 18.1 Å². The van der Waals surface area contributed by atoms with Gasteiger partial charge in [-0.15, -0.1) is 0 Å². The zero-order valence-electron chi connectivity index (χ0n) is 18.8. The third-order valence-electron chi connectivity index (χ3n) is 5.87. The topological polar surface area (TPSA) is 108 Å². The molecule has 0 aliphatic carbocycles. The molecule has 1 saturated heterocycles. The van der Waals surface area contributed by atoms with E-state index in [9.17, 15) is 9.59 Å². The van der Waals surface area contributed by atoms with Gasteiger partial charge in [0.25, 0.3) is 5.91 Å². The van der Waals surface area contributed by atoms with Gasteiger partial charge in [0.1, 0.15) is 23.3 Å². The number of carbonyl (C=O) groups is 1. The Kier molecular flexibility index (Phi) is 5.89. The molecular weight excluding hydrogens is 468 g/mol. The number of imidazole rings is 1. The normalized spacial score (nSPS) is 15.1. The number of halogens is 1. The molecule has 1 fully saturated rings. The van der Waals surface area contributed by atoms with Gasteiger partial charge in [-0.25, -0.2) is 14.8 Å². The number of hydrogen-bond donors (Lipinski definition) is 1. The number of nitrogen functional groups attached to an aromatic ring is 1. The predicted octanol–water partition coefficient (Wildman–Crippen LogP) is 3.41. The molecule has 2 aromatic heterocycles. The number of carbonyl (C=O) groups excluding carboxylic acids is 1. The first kappa shape index (κ1) is 22.5. The molecule has 9 nitrogen and oxygen atoms in total. The maximum Gasteiger partial charge on any atom is 0.335 e. The lowest BCUT2D eigenvalue weighted by molar-refractivity contribution is -0.124. The summed E-state index contributed by atoms with van der Waals surface area (Å²) in [6, 6.07) is 13.8. The zero-order valence-corrected chi connectivity index (χ0v) is 19.6. The minimum atomic E-state index is -0.306. The van der Waals surface area contributed by atoms with Crippen LogP contribution in [0, 0.1) is 11.8 Å². The molecule has 0 saturated carbocycles. The number of likely N-dealkylation sites (tertiary alicyclic amines) is 1. The van der Waals surface area contributed by atoms with Crippen LogP contribution in [0.5, 0.6) is 11.5 Å². The molecule has 4 aromatic rings. The van der Waals surface area contributed by atoms with Crippen LogP contribution in [0.2, 0.25) is 5.02 Å². The molecule has 1 amide bonds. The Bertz CT molecular complexity index is 1530. The first-order chi connectivity index (χ1) is 17.0. The Morgan fingerprint density at radius 2 is 1.80 bits per heavy atom. The largest absolute Gasteiger partial charge is 0.457 e. The lowest BCUT2D eigenvalue weighted by Crippen LogP contribution is -2.31. The van der Waals surface area contributed by atoms with Crippen molar-refractivity contribution in [1.29, 1.82) is 0 Å². The fourth-order valence-electron chi connectivity index (χ4n) is 4.26. The maximum absolute atomic E-state index is 13.7. The maximum atomic E-state index is 13.7. The van der Waals surface area contributed by atoms with Gasteiger partial charge < -0.3 is 15.4 Å². The Morgan fingerprint density at radius 1 is 1.11 bits per heavy atom. The quantitative estimate of drug-likeness (QED) is 0.441. The van der Waals surface area contributed by atoms with Gasteiger partial charge in [-0.2, -0.15) is 0 Å². The van der Waals surface area contributed by atoms with Crippen molar-refractivity contribution in [2.24, 2.45) is 0 Å². The lowest BCUT2D eigenvalue weighted by Gasteiger charge is -2.14. The summed E-state index contributed by atoms with van der Waals surface area (Å²) < 4.78 is 8.95.